The number of aromatic nitrogens is 3. The van der Waals surface area contributed by atoms with Gasteiger partial charge in [0.25, 0.3) is 5.69 Å². The predicted molar refractivity (Wildman–Crippen MR) is 77.1 cm³/mol. The zero-order valence-electron chi connectivity index (χ0n) is 10.5. The Labute approximate surface area is 124 Å². The van der Waals surface area contributed by atoms with Crippen LogP contribution in [0.2, 0.25) is 5.15 Å². The molecule has 3 rings (SSSR count). The summed E-state index contributed by atoms with van der Waals surface area (Å²) in [5.74, 6) is 5.83. The summed E-state index contributed by atoms with van der Waals surface area (Å²) in [6.07, 6.45) is 1.59. The van der Waals surface area contributed by atoms with Crippen molar-refractivity contribution in [1.29, 1.82) is 0 Å². The van der Waals surface area contributed by atoms with Gasteiger partial charge in [-0.1, -0.05) is 17.5 Å². The van der Waals surface area contributed by atoms with E-state index in [0.29, 0.717) is 22.1 Å². The Hall–Kier alpha value is -2.91. The zero-order chi connectivity index (χ0) is 14.8. The average molecular weight is 299 g/mol. The number of nitro groups is 1. The molecule has 0 amide bonds. The van der Waals surface area contributed by atoms with E-state index in [1.54, 1.807) is 35.0 Å². The fourth-order valence-electron chi connectivity index (χ4n) is 1.74. The van der Waals surface area contributed by atoms with E-state index < -0.39 is 4.92 Å². The summed E-state index contributed by atoms with van der Waals surface area (Å²) in [5.41, 5.74) is 1.93. The molecule has 0 atom stereocenters. The highest BCUT2D eigenvalue weighted by atomic mass is 35.5. The summed E-state index contributed by atoms with van der Waals surface area (Å²) in [4.78, 5) is 14.3. The summed E-state index contributed by atoms with van der Waals surface area (Å²) in [6, 6.07) is 9.40. The lowest BCUT2D eigenvalue weighted by Crippen LogP contribution is -1.94. The van der Waals surface area contributed by atoms with Gasteiger partial charge in [0.15, 0.2) is 5.65 Å². The fourth-order valence-corrected chi connectivity index (χ4v) is 1.88. The Morgan fingerprint density at radius 3 is 2.62 bits per heavy atom. The number of benzene rings is 1. The maximum atomic E-state index is 10.6. The number of hydrogen-bond donors (Lipinski definition) is 0. The molecule has 0 unspecified atom stereocenters. The fraction of sp³-hybridized carbons (Fsp3) is 0. The molecule has 0 bridgehead atoms. The van der Waals surface area contributed by atoms with Gasteiger partial charge in [-0.15, -0.1) is 0 Å². The predicted octanol–water partition coefficient (Wildman–Crippen LogP) is 2.69. The van der Waals surface area contributed by atoms with Crippen LogP contribution < -0.4 is 0 Å². The van der Waals surface area contributed by atoms with E-state index in [-0.39, 0.29) is 5.69 Å². The summed E-state index contributed by atoms with van der Waals surface area (Å²) >= 11 is 5.84. The summed E-state index contributed by atoms with van der Waals surface area (Å²) in [5, 5.41) is 15.0. The number of rotatable bonds is 1. The first-order valence-corrected chi connectivity index (χ1v) is 6.28. The average Bonchev–Trinajstić information content (AvgIpc) is 2.88. The van der Waals surface area contributed by atoms with Crippen molar-refractivity contribution >= 4 is 22.9 Å². The molecule has 102 valence electrons. The standard InChI is InChI=1S/C14H7ClN4O2/c15-13-7-8-14-16-9-12(18(14)17-13)6-3-10-1-4-11(5-2-10)19(20)21/h1-2,4-5,7-9H. The lowest BCUT2D eigenvalue weighted by atomic mass is 10.2. The van der Waals surface area contributed by atoms with Crippen molar-refractivity contribution in [2.45, 2.75) is 0 Å². The number of non-ortho nitro benzene ring substituents is 1. The first-order chi connectivity index (χ1) is 10.1. The quantitative estimate of drug-likeness (QED) is 0.393. The molecule has 7 heteroatoms. The van der Waals surface area contributed by atoms with Gasteiger partial charge in [-0.05, 0) is 30.2 Å². The first-order valence-electron chi connectivity index (χ1n) is 5.90. The third-order valence-electron chi connectivity index (χ3n) is 2.74. The van der Waals surface area contributed by atoms with Crippen molar-refractivity contribution in [3.05, 3.63) is 69.1 Å². The Bertz CT molecular complexity index is 891. The molecule has 2 aromatic heterocycles. The van der Waals surface area contributed by atoms with Crippen LogP contribution in [-0.2, 0) is 0 Å². The molecule has 6 nitrogen and oxygen atoms in total. The number of halogens is 1. The molecule has 1 aromatic carbocycles. The van der Waals surface area contributed by atoms with Crippen LogP contribution >= 0.6 is 11.6 Å². The highest BCUT2D eigenvalue weighted by Gasteiger charge is 2.04. The Balaban J connectivity index is 1.95. The van der Waals surface area contributed by atoms with Gasteiger partial charge in [-0.25, -0.2) is 9.50 Å². The molecule has 0 radical (unpaired) electrons. The molecule has 0 aliphatic rings. The molecule has 2 heterocycles. The second kappa shape index (κ2) is 5.23. The minimum Gasteiger partial charge on any atom is -0.258 e. The van der Waals surface area contributed by atoms with Gasteiger partial charge in [0, 0.05) is 17.7 Å². The van der Waals surface area contributed by atoms with E-state index in [1.807, 2.05) is 0 Å². The number of nitro benzene ring substituents is 1. The Kier molecular flexibility index (Phi) is 3.26. The van der Waals surface area contributed by atoms with Crippen molar-refractivity contribution < 1.29 is 4.92 Å². The number of imidazole rings is 1. The summed E-state index contributed by atoms with van der Waals surface area (Å²) in [6.45, 7) is 0. The largest absolute Gasteiger partial charge is 0.269 e. The number of nitrogens with zero attached hydrogens (tertiary/aromatic N) is 4. The molecule has 0 aliphatic heterocycles. The molecule has 0 saturated carbocycles. The minimum absolute atomic E-state index is 0.0313. The molecular formula is C14H7ClN4O2. The van der Waals surface area contributed by atoms with Crippen molar-refractivity contribution in [2.24, 2.45) is 0 Å². The zero-order valence-corrected chi connectivity index (χ0v) is 11.3. The molecule has 0 N–H and O–H groups in total. The maximum absolute atomic E-state index is 10.6. The third-order valence-corrected chi connectivity index (χ3v) is 2.94. The van der Waals surface area contributed by atoms with Crippen molar-refractivity contribution in [3.8, 4) is 11.8 Å². The van der Waals surface area contributed by atoms with E-state index in [4.69, 9.17) is 11.6 Å². The van der Waals surface area contributed by atoms with Crippen LogP contribution in [0.5, 0.6) is 0 Å². The third kappa shape index (κ3) is 2.68. The van der Waals surface area contributed by atoms with Crippen LogP contribution in [-0.4, -0.2) is 19.5 Å². The number of hydrogen-bond acceptors (Lipinski definition) is 4. The van der Waals surface area contributed by atoms with E-state index >= 15 is 0 Å². The van der Waals surface area contributed by atoms with Gasteiger partial charge >= 0.3 is 0 Å². The molecule has 3 aromatic rings. The molecule has 0 aliphatic carbocycles. The van der Waals surface area contributed by atoms with Crippen LogP contribution in [0.1, 0.15) is 11.3 Å². The SMILES string of the molecule is O=[N+]([O-])c1ccc(C#Cc2cnc3ccc(Cl)nn23)cc1. The van der Waals surface area contributed by atoms with Gasteiger partial charge in [0.2, 0.25) is 0 Å². The molecule has 21 heavy (non-hydrogen) atoms. The highest BCUT2D eigenvalue weighted by molar-refractivity contribution is 6.29. The van der Waals surface area contributed by atoms with Crippen LogP contribution in [0.15, 0.2) is 42.6 Å². The van der Waals surface area contributed by atoms with Crippen molar-refractivity contribution in [2.75, 3.05) is 0 Å². The van der Waals surface area contributed by atoms with Crippen LogP contribution in [0, 0.1) is 22.0 Å². The van der Waals surface area contributed by atoms with Crippen LogP contribution in [0.4, 0.5) is 5.69 Å². The van der Waals surface area contributed by atoms with E-state index in [0.717, 1.165) is 0 Å². The summed E-state index contributed by atoms with van der Waals surface area (Å²) < 4.78 is 1.54. The lowest BCUT2D eigenvalue weighted by molar-refractivity contribution is -0.384. The van der Waals surface area contributed by atoms with Crippen molar-refractivity contribution in [3.63, 3.8) is 0 Å². The van der Waals surface area contributed by atoms with Gasteiger partial charge in [0.05, 0.1) is 11.1 Å². The molecular weight excluding hydrogens is 292 g/mol. The second-order valence-electron chi connectivity index (χ2n) is 4.12. The van der Waals surface area contributed by atoms with Gasteiger partial charge < -0.3 is 0 Å². The van der Waals surface area contributed by atoms with Gasteiger partial charge in [0.1, 0.15) is 10.8 Å². The molecule has 0 fully saturated rings. The molecule has 0 saturated heterocycles. The molecule has 0 spiro atoms. The maximum Gasteiger partial charge on any atom is 0.269 e. The smallest absolute Gasteiger partial charge is 0.258 e. The minimum atomic E-state index is -0.451. The Morgan fingerprint density at radius 2 is 1.90 bits per heavy atom. The first kappa shape index (κ1) is 13.1. The van der Waals surface area contributed by atoms with Gasteiger partial charge in [-0.3, -0.25) is 10.1 Å². The van der Waals surface area contributed by atoms with E-state index in [2.05, 4.69) is 21.9 Å². The normalized spacial score (nSPS) is 10.1. The monoisotopic (exact) mass is 298 g/mol. The second-order valence-corrected chi connectivity index (χ2v) is 4.51. The lowest BCUT2D eigenvalue weighted by Gasteiger charge is -1.94. The topological polar surface area (TPSA) is 73.3 Å². The Morgan fingerprint density at radius 1 is 1.14 bits per heavy atom. The van der Waals surface area contributed by atoms with Crippen LogP contribution in [0.3, 0.4) is 0 Å². The highest BCUT2D eigenvalue weighted by Crippen LogP contribution is 2.12. The van der Waals surface area contributed by atoms with E-state index in [9.17, 15) is 10.1 Å². The summed E-state index contributed by atoms with van der Waals surface area (Å²) in [7, 11) is 0. The van der Waals surface area contributed by atoms with Crippen molar-refractivity contribution in [1.82, 2.24) is 14.6 Å². The van der Waals surface area contributed by atoms with Gasteiger partial charge in [-0.2, -0.15) is 5.10 Å². The number of fused-ring (bicyclic) bond motifs is 1. The van der Waals surface area contributed by atoms with E-state index in [1.165, 1.54) is 12.1 Å². The van der Waals surface area contributed by atoms with Crippen LogP contribution in [0.25, 0.3) is 5.65 Å².